The van der Waals surface area contributed by atoms with Crippen molar-refractivity contribution in [2.75, 3.05) is 18.9 Å². The second kappa shape index (κ2) is 10.9. The number of halogens is 1. The first kappa shape index (κ1) is 25.8. The fourth-order valence-electron chi connectivity index (χ4n) is 3.02. The van der Waals surface area contributed by atoms with Gasteiger partial charge in [0.1, 0.15) is 18.2 Å². The van der Waals surface area contributed by atoms with E-state index in [9.17, 15) is 14.4 Å². The van der Waals surface area contributed by atoms with Crippen LogP contribution < -0.4 is 10.6 Å². The first-order chi connectivity index (χ1) is 15.4. The summed E-state index contributed by atoms with van der Waals surface area (Å²) in [5, 5.41) is 5.62. The van der Waals surface area contributed by atoms with E-state index in [1.807, 2.05) is 13.0 Å². The van der Waals surface area contributed by atoms with Gasteiger partial charge in [-0.15, -0.1) is 6.42 Å². The molecule has 0 bridgehead atoms. The summed E-state index contributed by atoms with van der Waals surface area (Å²) in [6.45, 7) is 6.63. The number of nitrogens with one attached hydrogen (secondary N) is 2. The van der Waals surface area contributed by atoms with Crippen LogP contribution in [0.4, 0.5) is 10.5 Å². The Morgan fingerprint density at radius 3 is 2.33 bits per heavy atom. The first-order valence-corrected chi connectivity index (χ1v) is 10.7. The molecule has 0 saturated heterocycles. The molecule has 0 fully saturated rings. The molecule has 2 N–H and O–H groups in total. The van der Waals surface area contributed by atoms with Gasteiger partial charge in [-0.1, -0.05) is 41.8 Å². The van der Waals surface area contributed by atoms with Crippen molar-refractivity contribution in [3.63, 3.8) is 0 Å². The predicted molar refractivity (Wildman–Crippen MR) is 129 cm³/mol. The van der Waals surface area contributed by atoms with Gasteiger partial charge in [-0.05, 0) is 57.0 Å². The van der Waals surface area contributed by atoms with Crippen LogP contribution in [0.15, 0.2) is 42.5 Å². The van der Waals surface area contributed by atoms with E-state index in [1.165, 1.54) is 11.9 Å². The molecular weight excluding hydrogens is 442 g/mol. The monoisotopic (exact) mass is 469 g/mol. The van der Waals surface area contributed by atoms with Crippen molar-refractivity contribution < 1.29 is 19.1 Å². The molecular formula is C25H28ClN3O4. The van der Waals surface area contributed by atoms with Crippen molar-refractivity contribution in [2.24, 2.45) is 0 Å². The molecule has 8 heteroatoms. The van der Waals surface area contributed by atoms with Crippen molar-refractivity contribution in [2.45, 2.75) is 39.3 Å². The zero-order valence-corrected chi connectivity index (χ0v) is 20.1. The normalized spacial score (nSPS) is 11.7. The molecule has 0 aliphatic carbocycles. The second-order valence-corrected chi connectivity index (χ2v) is 8.86. The Kier molecular flexibility index (Phi) is 8.50. The Hall–Kier alpha value is -3.50. The van der Waals surface area contributed by atoms with Crippen LogP contribution in [0, 0.1) is 19.3 Å². The number of hydrogen-bond donors (Lipinski definition) is 2. The first-order valence-electron chi connectivity index (χ1n) is 10.3. The van der Waals surface area contributed by atoms with Crippen molar-refractivity contribution in [1.29, 1.82) is 0 Å². The van der Waals surface area contributed by atoms with Crippen LogP contribution in [0.25, 0.3) is 0 Å². The standard InChI is InChI=1S/C25H28ClN3O4/c1-7-17-11-13-18(14-12-17)22(23(31)28-21-16(2)9-8-10-19(21)26)29(6)20(30)15-27-24(32)33-25(3,4)5/h1,8-14,22H,15H2,2-6H3,(H,27,32)(H,28,31). The third-order valence-electron chi connectivity index (χ3n) is 4.68. The van der Waals surface area contributed by atoms with Crippen molar-refractivity contribution in [3.8, 4) is 12.3 Å². The lowest BCUT2D eigenvalue weighted by molar-refractivity contribution is -0.136. The van der Waals surface area contributed by atoms with E-state index in [1.54, 1.807) is 57.2 Å². The SMILES string of the molecule is C#Cc1ccc(C(C(=O)Nc2c(C)cccc2Cl)N(C)C(=O)CNC(=O)OC(C)(C)C)cc1. The number of anilines is 1. The van der Waals surface area contributed by atoms with E-state index < -0.39 is 29.6 Å². The van der Waals surface area contributed by atoms with Crippen LogP contribution in [-0.2, 0) is 14.3 Å². The Morgan fingerprint density at radius 2 is 1.79 bits per heavy atom. The van der Waals surface area contributed by atoms with Crippen molar-refractivity contribution in [3.05, 3.63) is 64.2 Å². The highest BCUT2D eigenvalue weighted by Crippen LogP contribution is 2.28. The number of amides is 3. The van der Waals surface area contributed by atoms with Crippen LogP contribution in [0.2, 0.25) is 5.02 Å². The maximum Gasteiger partial charge on any atom is 0.408 e. The molecule has 7 nitrogen and oxygen atoms in total. The number of benzene rings is 2. The number of para-hydroxylation sites is 1. The Bertz CT molecular complexity index is 1050. The smallest absolute Gasteiger partial charge is 0.408 e. The number of rotatable bonds is 6. The van der Waals surface area contributed by atoms with Gasteiger partial charge in [-0.3, -0.25) is 9.59 Å². The average Bonchev–Trinajstić information content (AvgIpc) is 2.74. The number of nitrogens with zero attached hydrogens (tertiary/aromatic N) is 1. The molecule has 0 spiro atoms. The van der Waals surface area contributed by atoms with E-state index in [-0.39, 0.29) is 6.54 Å². The molecule has 1 atom stereocenters. The van der Waals surface area contributed by atoms with E-state index in [2.05, 4.69) is 16.6 Å². The number of carbonyl (C=O) groups excluding carboxylic acids is 3. The maximum atomic E-state index is 13.3. The van der Waals surface area contributed by atoms with Gasteiger partial charge in [0.05, 0.1) is 10.7 Å². The lowest BCUT2D eigenvalue weighted by Gasteiger charge is -2.28. The van der Waals surface area contributed by atoms with Gasteiger partial charge >= 0.3 is 6.09 Å². The summed E-state index contributed by atoms with van der Waals surface area (Å²) in [4.78, 5) is 39.4. The molecule has 33 heavy (non-hydrogen) atoms. The summed E-state index contributed by atoms with van der Waals surface area (Å²) in [5.41, 5.74) is 1.72. The zero-order valence-electron chi connectivity index (χ0n) is 19.4. The van der Waals surface area contributed by atoms with Gasteiger partial charge in [0.2, 0.25) is 5.91 Å². The summed E-state index contributed by atoms with van der Waals surface area (Å²) >= 11 is 6.26. The summed E-state index contributed by atoms with van der Waals surface area (Å²) in [7, 11) is 1.48. The van der Waals surface area contributed by atoms with Crippen LogP contribution in [0.5, 0.6) is 0 Å². The molecule has 3 amide bonds. The molecule has 0 aliphatic rings. The van der Waals surface area contributed by atoms with Gasteiger partial charge in [0.25, 0.3) is 5.91 Å². The highest BCUT2D eigenvalue weighted by molar-refractivity contribution is 6.34. The topological polar surface area (TPSA) is 87.7 Å². The minimum absolute atomic E-state index is 0.344. The summed E-state index contributed by atoms with van der Waals surface area (Å²) in [5.74, 6) is 1.57. The number of terminal acetylenes is 1. The molecule has 2 aromatic carbocycles. The summed E-state index contributed by atoms with van der Waals surface area (Å²) in [6, 6.07) is 11.0. The van der Waals surface area contributed by atoms with Gasteiger partial charge in [0, 0.05) is 12.6 Å². The number of aryl methyl sites for hydroxylation is 1. The lowest BCUT2D eigenvalue weighted by atomic mass is 10.0. The Balaban J connectivity index is 2.28. The number of hydrogen-bond acceptors (Lipinski definition) is 4. The quantitative estimate of drug-likeness (QED) is 0.618. The van der Waals surface area contributed by atoms with E-state index >= 15 is 0 Å². The van der Waals surface area contributed by atoms with Crippen molar-refractivity contribution in [1.82, 2.24) is 10.2 Å². The number of alkyl carbamates (subject to hydrolysis) is 1. The minimum atomic E-state index is -1.000. The third kappa shape index (κ3) is 7.26. The fourth-order valence-corrected chi connectivity index (χ4v) is 3.29. The second-order valence-electron chi connectivity index (χ2n) is 8.45. The fraction of sp³-hybridized carbons (Fsp3) is 0.320. The highest BCUT2D eigenvalue weighted by Gasteiger charge is 2.30. The highest BCUT2D eigenvalue weighted by atomic mass is 35.5. The van der Waals surface area contributed by atoms with Gasteiger partial charge in [-0.25, -0.2) is 4.79 Å². The van der Waals surface area contributed by atoms with Crippen LogP contribution >= 0.6 is 11.6 Å². The molecule has 0 saturated carbocycles. The average molecular weight is 470 g/mol. The molecule has 0 heterocycles. The number of likely N-dealkylation sites (N-methyl/N-ethyl adjacent to an activating group) is 1. The Labute approximate surface area is 199 Å². The lowest BCUT2D eigenvalue weighted by Crippen LogP contribution is -2.44. The Morgan fingerprint density at radius 1 is 1.15 bits per heavy atom. The van der Waals surface area contributed by atoms with E-state index in [0.29, 0.717) is 21.8 Å². The third-order valence-corrected chi connectivity index (χ3v) is 4.99. The molecule has 2 rings (SSSR count). The van der Waals surface area contributed by atoms with Gasteiger partial charge in [-0.2, -0.15) is 0 Å². The van der Waals surface area contributed by atoms with Gasteiger partial charge in [0.15, 0.2) is 0 Å². The predicted octanol–water partition coefficient (Wildman–Crippen LogP) is 4.29. The molecule has 174 valence electrons. The van der Waals surface area contributed by atoms with E-state index in [0.717, 1.165) is 5.56 Å². The summed E-state index contributed by atoms with van der Waals surface area (Å²) in [6.07, 6.45) is 4.70. The summed E-state index contributed by atoms with van der Waals surface area (Å²) < 4.78 is 5.16. The molecule has 1 unspecified atom stereocenters. The van der Waals surface area contributed by atoms with Crippen LogP contribution in [0.3, 0.4) is 0 Å². The molecule has 0 radical (unpaired) electrons. The zero-order chi connectivity index (χ0) is 24.8. The molecule has 2 aromatic rings. The molecule has 0 aliphatic heterocycles. The van der Waals surface area contributed by atoms with Crippen LogP contribution in [0.1, 0.15) is 43.5 Å². The largest absolute Gasteiger partial charge is 0.444 e. The number of carbonyl (C=O) groups is 3. The molecule has 0 aromatic heterocycles. The minimum Gasteiger partial charge on any atom is -0.444 e. The van der Waals surface area contributed by atoms with Crippen LogP contribution in [-0.4, -0.2) is 42.0 Å². The van der Waals surface area contributed by atoms with Gasteiger partial charge < -0.3 is 20.3 Å². The maximum absolute atomic E-state index is 13.3. The number of ether oxygens (including phenoxy) is 1. The van der Waals surface area contributed by atoms with E-state index in [4.69, 9.17) is 22.8 Å². The van der Waals surface area contributed by atoms with Crippen molar-refractivity contribution >= 4 is 35.2 Å².